The summed E-state index contributed by atoms with van der Waals surface area (Å²) in [5.41, 5.74) is 2.47. The number of halogens is 1. The van der Waals surface area contributed by atoms with Crippen molar-refractivity contribution in [1.29, 1.82) is 0 Å². The molecule has 0 heterocycles. The molecule has 6 heteroatoms. The van der Waals surface area contributed by atoms with E-state index in [0.717, 1.165) is 11.4 Å². The predicted octanol–water partition coefficient (Wildman–Crippen LogP) is 4.43. The second-order valence-electron chi connectivity index (χ2n) is 4.30. The van der Waals surface area contributed by atoms with E-state index < -0.39 is 10.4 Å². The van der Waals surface area contributed by atoms with Gasteiger partial charge in [0.25, 0.3) is 0 Å². The van der Waals surface area contributed by atoms with Gasteiger partial charge < -0.3 is 9.45 Å². The summed E-state index contributed by atoms with van der Waals surface area (Å²) in [6, 6.07) is 14.6. The number of benzene rings is 2. The summed E-state index contributed by atoms with van der Waals surface area (Å²) in [5.74, 6) is 0. The van der Waals surface area contributed by atoms with Gasteiger partial charge in [-0.25, -0.2) is 0 Å². The van der Waals surface area contributed by atoms with Crippen LogP contribution in [0.2, 0.25) is 0 Å². The van der Waals surface area contributed by atoms with E-state index in [1.165, 1.54) is 0 Å². The number of para-hydroxylation sites is 1. The summed E-state index contributed by atoms with van der Waals surface area (Å²) < 4.78 is 11.1. The number of hydrogen-bond donors (Lipinski definition) is 0. The van der Waals surface area contributed by atoms with E-state index in [9.17, 15) is 4.55 Å². The summed E-state index contributed by atoms with van der Waals surface area (Å²) >= 11 is 0. The Bertz CT molecular complexity index is 600. The number of azo groups is 1. The van der Waals surface area contributed by atoms with Crippen LogP contribution in [0.5, 0.6) is 0 Å². The molecule has 0 saturated heterocycles. The number of nitrogens with zero attached hydrogens (tertiary/aromatic N) is 3. The van der Waals surface area contributed by atoms with Crippen LogP contribution in [0, 0.1) is 0 Å². The van der Waals surface area contributed by atoms with Gasteiger partial charge >= 0.3 is 0 Å². The Morgan fingerprint density at radius 3 is 2.25 bits per heavy atom. The molecule has 0 bridgehead atoms. The molecule has 0 saturated carbocycles. The van der Waals surface area contributed by atoms with Crippen LogP contribution in [-0.4, -0.2) is 18.6 Å². The molecule has 0 amide bonds. The highest BCUT2D eigenvalue weighted by Crippen LogP contribution is 2.28. The molecule has 0 aliphatic carbocycles. The first-order chi connectivity index (χ1) is 9.58. The van der Waals surface area contributed by atoms with Crippen LogP contribution in [0.4, 0.5) is 17.1 Å². The molecule has 0 spiro atoms. The summed E-state index contributed by atoms with van der Waals surface area (Å²) in [6.45, 7) is 0. The Kier molecular flexibility index (Phi) is 5.00. The Morgan fingerprint density at radius 1 is 1.00 bits per heavy atom. The standard InChI is InChI=1S/C14H14ClN3OS/c1-18(2)14-6-4-3-5-13(14)17-16-11-7-9-12(10-8-11)20(15)19/h3-10H,1-2H3. The molecule has 0 fully saturated rings. The van der Waals surface area contributed by atoms with Gasteiger partial charge in [0.1, 0.15) is 16.1 Å². The average Bonchev–Trinajstić information content (AvgIpc) is 2.45. The zero-order valence-corrected chi connectivity index (χ0v) is 12.7. The van der Waals surface area contributed by atoms with Gasteiger partial charge in [0.05, 0.1) is 11.4 Å². The lowest BCUT2D eigenvalue weighted by atomic mass is 10.2. The molecule has 0 aromatic heterocycles. The van der Waals surface area contributed by atoms with Gasteiger partial charge in [-0.15, -0.1) is 5.11 Å². The summed E-state index contributed by atoms with van der Waals surface area (Å²) in [6.07, 6.45) is 0. The zero-order chi connectivity index (χ0) is 14.5. The molecule has 2 aromatic rings. The molecule has 1 atom stereocenters. The van der Waals surface area contributed by atoms with E-state index in [-0.39, 0.29) is 0 Å². The van der Waals surface area contributed by atoms with Gasteiger partial charge in [0.15, 0.2) is 15.6 Å². The van der Waals surface area contributed by atoms with Gasteiger partial charge in [0, 0.05) is 14.1 Å². The van der Waals surface area contributed by atoms with Crippen LogP contribution in [0.15, 0.2) is 63.7 Å². The molecule has 0 aliphatic rings. The maximum absolute atomic E-state index is 11.1. The maximum atomic E-state index is 11.1. The van der Waals surface area contributed by atoms with Crippen LogP contribution >= 0.6 is 10.7 Å². The molecule has 1 unspecified atom stereocenters. The van der Waals surface area contributed by atoms with Crippen LogP contribution < -0.4 is 4.90 Å². The van der Waals surface area contributed by atoms with E-state index in [1.807, 2.05) is 43.3 Å². The third-order valence-electron chi connectivity index (χ3n) is 2.66. The molecule has 0 N–H and O–H groups in total. The Labute approximate surface area is 125 Å². The molecule has 4 nitrogen and oxygen atoms in total. The van der Waals surface area contributed by atoms with Gasteiger partial charge in [-0.1, -0.05) is 12.1 Å². The van der Waals surface area contributed by atoms with Crippen molar-refractivity contribution < 1.29 is 4.55 Å². The second kappa shape index (κ2) is 6.74. The molecule has 104 valence electrons. The zero-order valence-electron chi connectivity index (χ0n) is 11.2. The third-order valence-corrected chi connectivity index (χ3v) is 3.84. The monoisotopic (exact) mass is 307 g/mol. The lowest BCUT2D eigenvalue weighted by Crippen LogP contribution is -2.08. The van der Waals surface area contributed by atoms with Crippen molar-refractivity contribution in [2.75, 3.05) is 19.0 Å². The van der Waals surface area contributed by atoms with Crippen molar-refractivity contribution in [2.24, 2.45) is 10.2 Å². The van der Waals surface area contributed by atoms with Crippen molar-refractivity contribution in [1.82, 2.24) is 0 Å². The van der Waals surface area contributed by atoms with Crippen molar-refractivity contribution >= 4 is 38.1 Å². The molecule has 0 radical (unpaired) electrons. The summed E-state index contributed by atoms with van der Waals surface area (Å²) in [4.78, 5) is 2.54. The largest absolute Gasteiger partial charge is 0.594 e. The van der Waals surface area contributed by atoms with Crippen LogP contribution in [0.25, 0.3) is 0 Å². The van der Waals surface area contributed by atoms with Gasteiger partial charge in [-0.05, 0) is 36.4 Å². The van der Waals surface area contributed by atoms with E-state index in [2.05, 4.69) is 10.2 Å². The van der Waals surface area contributed by atoms with Gasteiger partial charge in [0.2, 0.25) is 0 Å². The first-order valence-corrected chi connectivity index (χ1v) is 7.92. The van der Waals surface area contributed by atoms with Crippen molar-refractivity contribution in [3.8, 4) is 0 Å². The summed E-state index contributed by atoms with van der Waals surface area (Å²) in [7, 11) is 7.92. The first kappa shape index (κ1) is 14.8. The van der Waals surface area contributed by atoms with Crippen LogP contribution in [0.3, 0.4) is 0 Å². The highest BCUT2D eigenvalue weighted by atomic mass is 35.7. The highest BCUT2D eigenvalue weighted by molar-refractivity contribution is 8.13. The molecule has 2 rings (SSSR count). The molecule has 2 aromatic carbocycles. The van der Waals surface area contributed by atoms with Crippen LogP contribution in [-0.2, 0) is 10.4 Å². The lowest BCUT2D eigenvalue weighted by Gasteiger charge is -2.13. The SMILES string of the molecule is CN(C)c1ccccc1N=Nc1ccc([S+]([O-])Cl)cc1. The third kappa shape index (κ3) is 3.72. The Hall–Kier alpha value is -1.56. The molecular formula is C14H14ClN3OS. The minimum absolute atomic E-state index is 0.555. The average molecular weight is 308 g/mol. The van der Waals surface area contributed by atoms with E-state index >= 15 is 0 Å². The normalized spacial score (nSPS) is 12.6. The lowest BCUT2D eigenvalue weighted by molar-refractivity contribution is 0.608. The van der Waals surface area contributed by atoms with E-state index in [1.54, 1.807) is 24.3 Å². The fourth-order valence-corrected chi connectivity index (χ4v) is 2.32. The highest BCUT2D eigenvalue weighted by Gasteiger charge is 2.07. The fraction of sp³-hybridized carbons (Fsp3) is 0.143. The minimum Gasteiger partial charge on any atom is -0.594 e. The molecular weight excluding hydrogens is 294 g/mol. The number of rotatable bonds is 4. The number of anilines is 1. The quantitative estimate of drug-likeness (QED) is 0.620. The van der Waals surface area contributed by atoms with E-state index in [4.69, 9.17) is 10.7 Å². The van der Waals surface area contributed by atoms with Crippen molar-refractivity contribution in [2.45, 2.75) is 4.90 Å². The Balaban J connectivity index is 2.21. The fourth-order valence-electron chi connectivity index (χ4n) is 1.66. The van der Waals surface area contributed by atoms with Crippen LogP contribution in [0.1, 0.15) is 0 Å². The molecule has 20 heavy (non-hydrogen) atoms. The van der Waals surface area contributed by atoms with Gasteiger partial charge in [-0.2, -0.15) is 5.11 Å². The molecule has 0 aliphatic heterocycles. The van der Waals surface area contributed by atoms with Crippen molar-refractivity contribution in [3.05, 3.63) is 48.5 Å². The smallest absolute Gasteiger partial charge is 0.181 e. The predicted molar refractivity (Wildman–Crippen MR) is 83.6 cm³/mol. The summed E-state index contributed by atoms with van der Waals surface area (Å²) in [5, 5.41) is 8.42. The minimum atomic E-state index is -1.49. The number of hydrogen-bond acceptors (Lipinski definition) is 4. The van der Waals surface area contributed by atoms with Gasteiger partial charge in [-0.3, -0.25) is 0 Å². The maximum Gasteiger partial charge on any atom is 0.181 e. The topological polar surface area (TPSA) is 51.0 Å². The van der Waals surface area contributed by atoms with Crippen molar-refractivity contribution in [3.63, 3.8) is 0 Å². The second-order valence-corrected chi connectivity index (χ2v) is 6.06. The Morgan fingerprint density at radius 2 is 1.65 bits per heavy atom. The van der Waals surface area contributed by atoms with E-state index in [0.29, 0.717) is 10.6 Å². The first-order valence-electron chi connectivity index (χ1n) is 5.94.